The number of hydrogen-bond donors (Lipinski definition) is 0. The number of halogens is 1. The minimum absolute atomic E-state index is 0.297. The Labute approximate surface area is 108 Å². The van der Waals surface area contributed by atoms with Gasteiger partial charge in [0.05, 0.1) is 5.69 Å². The summed E-state index contributed by atoms with van der Waals surface area (Å²) in [6.07, 6.45) is 2.78. The van der Waals surface area contributed by atoms with Crippen molar-refractivity contribution in [2.45, 2.75) is 13.0 Å². The van der Waals surface area contributed by atoms with E-state index in [0.717, 1.165) is 5.69 Å². The lowest BCUT2D eigenvalue weighted by molar-refractivity contribution is 0.218. The number of benzene rings is 1. The molecular formula is C13H11FN4O. The number of hydrogen-bond acceptors (Lipinski definition) is 4. The molecule has 2 aromatic heterocycles. The minimum atomic E-state index is -0.328. The maximum Gasteiger partial charge on any atom is 0.252 e. The van der Waals surface area contributed by atoms with Crippen LogP contribution in [0.1, 0.15) is 18.7 Å². The molecule has 19 heavy (non-hydrogen) atoms. The second-order valence-electron chi connectivity index (χ2n) is 4.06. The standard InChI is InChI=1S/C13H11FN4O/c1-9(19-11-4-2-3-10(14)7-11)12-5-6-15-13-16-8-17-18(12)13/h2-9H,1H3/t9-/m1/s1. The van der Waals surface area contributed by atoms with Gasteiger partial charge in [0.25, 0.3) is 5.78 Å². The molecule has 1 aromatic carbocycles. The molecule has 0 aliphatic carbocycles. The zero-order valence-electron chi connectivity index (χ0n) is 10.2. The van der Waals surface area contributed by atoms with Crippen LogP contribution in [0, 0.1) is 5.82 Å². The van der Waals surface area contributed by atoms with Crippen LogP contribution in [0.2, 0.25) is 0 Å². The van der Waals surface area contributed by atoms with E-state index in [1.165, 1.54) is 18.5 Å². The van der Waals surface area contributed by atoms with E-state index >= 15 is 0 Å². The van der Waals surface area contributed by atoms with Gasteiger partial charge in [-0.05, 0) is 25.1 Å². The predicted octanol–water partition coefficient (Wildman–Crippen LogP) is 2.40. The molecule has 0 fully saturated rings. The van der Waals surface area contributed by atoms with Gasteiger partial charge in [-0.3, -0.25) is 0 Å². The van der Waals surface area contributed by atoms with E-state index in [1.807, 2.05) is 6.92 Å². The van der Waals surface area contributed by atoms with Crippen molar-refractivity contribution in [3.05, 3.63) is 54.4 Å². The number of nitrogens with zero attached hydrogens (tertiary/aromatic N) is 4. The molecule has 0 radical (unpaired) electrons. The van der Waals surface area contributed by atoms with Gasteiger partial charge in [0.15, 0.2) is 0 Å². The van der Waals surface area contributed by atoms with E-state index in [1.54, 1.807) is 28.9 Å². The molecule has 0 unspecified atom stereocenters. The van der Waals surface area contributed by atoms with Gasteiger partial charge in [0.2, 0.25) is 0 Å². The predicted molar refractivity (Wildman–Crippen MR) is 66.2 cm³/mol. The Morgan fingerprint density at radius 3 is 3.00 bits per heavy atom. The molecule has 96 valence electrons. The normalized spacial score (nSPS) is 12.5. The molecule has 3 rings (SSSR count). The Kier molecular flexibility index (Phi) is 2.83. The summed E-state index contributed by atoms with van der Waals surface area (Å²) in [5, 5.41) is 4.09. The van der Waals surface area contributed by atoms with Crippen LogP contribution >= 0.6 is 0 Å². The van der Waals surface area contributed by atoms with Crippen molar-refractivity contribution in [2.24, 2.45) is 0 Å². The van der Waals surface area contributed by atoms with Crippen molar-refractivity contribution in [1.29, 1.82) is 0 Å². The van der Waals surface area contributed by atoms with Crippen molar-refractivity contribution in [1.82, 2.24) is 19.6 Å². The third-order valence-corrected chi connectivity index (χ3v) is 2.74. The summed E-state index contributed by atoms with van der Waals surface area (Å²) in [4.78, 5) is 8.09. The van der Waals surface area contributed by atoms with E-state index < -0.39 is 0 Å². The fourth-order valence-corrected chi connectivity index (χ4v) is 1.87. The average Bonchev–Trinajstić information content (AvgIpc) is 2.86. The highest BCUT2D eigenvalue weighted by Gasteiger charge is 2.13. The zero-order valence-corrected chi connectivity index (χ0v) is 10.2. The summed E-state index contributed by atoms with van der Waals surface area (Å²) in [6.45, 7) is 1.86. The number of ether oxygens (including phenoxy) is 1. The van der Waals surface area contributed by atoms with Gasteiger partial charge in [-0.1, -0.05) is 6.07 Å². The molecule has 6 heteroatoms. The van der Waals surface area contributed by atoms with Crippen molar-refractivity contribution < 1.29 is 9.13 Å². The highest BCUT2D eigenvalue weighted by molar-refractivity contribution is 5.28. The van der Waals surface area contributed by atoms with Crippen LogP contribution in [0.15, 0.2) is 42.9 Å². The molecule has 3 aromatic rings. The quantitative estimate of drug-likeness (QED) is 0.724. The van der Waals surface area contributed by atoms with E-state index in [0.29, 0.717) is 11.5 Å². The van der Waals surface area contributed by atoms with Crippen LogP contribution in [-0.4, -0.2) is 19.6 Å². The van der Waals surface area contributed by atoms with Gasteiger partial charge >= 0.3 is 0 Å². The summed E-state index contributed by atoms with van der Waals surface area (Å²) in [6, 6.07) is 7.83. The number of fused-ring (bicyclic) bond motifs is 1. The monoisotopic (exact) mass is 258 g/mol. The summed E-state index contributed by atoms with van der Waals surface area (Å²) in [5.74, 6) is 0.648. The zero-order chi connectivity index (χ0) is 13.2. The van der Waals surface area contributed by atoms with Gasteiger partial charge in [-0.2, -0.15) is 14.6 Å². The third-order valence-electron chi connectivity index (χ3n) is 2.74. The second kappa shape index (κ2) is 4.64. The molecule has 0 bridgehead atoms. The topological polar surface area (TPSA) is 52.3 Å². The minimum Gasteiger partial charge on any atom is -0.484 e. The molecule has 2 heterocycles. The summed E-state index contributed by atoms with van der Waals surface area (Å²) < 4.78 is 20.4. The molecule has 0 amide bonds. The largest absolute Gasteiger partial charge is 0.484 e. The van der Waals surface area contributed by atoms with Crippen LogP contribution in [0.3, 0.4) is 0 Å². The number of rotatable bonds is 3. The van der Waals surface area contributed by atoms with E-state index in [2.05, 4.69) is 15.1 Å². The molecule has 0 saturated heterocycles. The molecule has 0 spiro atoms. The first-order valence-corrected chi connectivity index (χ1v) is 5.81. The fraction of sp³-hybridized carbons (Fsp3) is 0.154. The smallest absolute Gasteiger partial charge is 0.252 e. The highest BCUT2D eigenvalue weighted by Crippen LogP contribution is 2.21. The van der Waals surface area contributed by atoms with Crippen LogP contribution < -0.4 is 4.74 Å². The molecule has 0 aliphatic heterocycles. The SMILES string of the molecule is C[C@@H](Oc1cccc(F)c1)c1ccnc2ncnn12. The average molecular weight is 258 g/mol. The van der Waals surface area contributed by atoms with Gasteiger partial charge in [-0.25, -0.2) is 9.37 Å². The van der Waals surface area contributed by atoms with Crippen LogP contribution in [0.4, 0.5) is 4.39 Å². The maximum atomic E-state index is 13.1. The van der Waals surface area contributed by atoms with Gasteiger partial charge in [0.1, 0.15) is 24.0 Å². The van der Waals surface area contributed by atoms with E-state index in [9.17, 15) is 4.39 Å². The first-order valence-electron chi connectivity index (χ1n) is 5.81. The van der Waals surface area contributed by atoms with E-state index in [4.69, 9.17) is 4.74 Å². The van der Waals surface area contributed by atoms with Crippen LogP contribution in [0.5, 0.6) is 5.75 Å². The van der Waals surface area contributed by atoms with Crippen molar-refractivity contribution >= 4 is 5.78 Å². The first-order chi connectivity index (χ1) is 9.24. The van der Waals surface area contributed by atoms with Crippen molar-refractivity contribution in [3.8, 4) is 5.75 Å². The Morgan fingerprint density at radius 1 is 1.26 bits per heavy atom. The fourth-order valence-electron chi connectivity index (χ4n) is 1.87. The lowest BCUT2D eigenvalue weighted by Crippen LogP contribution is -2.10. The van der Waals surface area contributed by atoms with Crippen molar-refractivity contribution in [3.63, 3.8) is 0 Å². The first kappa shape index (κ1) is 11.6. The van der Waals surface area contributed by atoms with Gasteiger partial charge in [0, 0.05) is 12.3 Å². The second-order valence-corrected chi connectivity index (χ2v) is 4.06. The van der Waals surface area contributed by atoms with E-state index in [-0.39, 0.29) is 11.9 Å². The Hall–Kier alpha value is -2.50. The molecule has 0 aliphatic rings. The van der Waals surface area contributed by atoms with Crippen molar-refractivity contribution in [2.75, 3.05) is 0 Å². The Bertz CT molecular complexity index is 712. The summed E-state index contributed by atoms with van der Waals surface area (Å²) in [7, 11) is 0. The third kappa shape index (κ3) is 2.24. The molecule has 0 N–H and O–H groups in total. The summed E-state index contributed by atoms with van der Waals surface area (Å²) in [5.41, 5.74) is 0.798. The maximum absolute atomic E-state index is 13.1. The molecule has 0 saturated carbocycles. The Morgan fingerprint density at radius 2 is 2.16 bits per heavy atom. The molecular weight excluding hydrogens is 247 g/mol. The molecule has 1 atom stereocenters. The van der Waals surface area contributed by atoms with Gasteiger partial charge in [-0.15, -0.1) is 0 Å². The van der Waals surface area contributed by atoms with Crippen LogP contribution in [-0.2, 0) is 0 Å². The Balaban J connectivity index is 1.91. The molecule has 5 nitrogen and oxygen atoms in total. The highest BCUT2D eigenvalue weighted by atomic mass is 19.1. The number of aromatic nitrogens is 4. The summed E-state index contributed by atoms with van der Waals surface area (Å²) >= 11 is 0. The lowest BCUT2D eigenvalue weighted by Gasteiger charge is -2.15. The lowest BCUT2D eigenvalue weighted by atomic mass is 10.2. The van der Waals surface area contributed by atoms with Crippen LogP contribution in [0.25, 0.3) is 5.78 Å². The van der Waals surface area contributed by atoms with Gasteiger partial charge < -0.3 is 4.74 Å².